The number of nitrogen functional groups attached to an aromatic ring is 1. The van der Waals surface area contributed by atoms with Crippen molar-refractivity contribution < 1.29 is 14.3 Å². The molecule has 2 N–H and O–H groups in total. The fourth-order valence-electron chi connectivity index (χ4n) is 2.02. The Kier molecular flexibility index (Phi) is 5.16. The van der Waals surface area contributed by atoms with Gasteiger partial charge in [0, 0.05) is 16.3 Å². The third-order valence-corrected chi connectivity index (χ3v) is 3.16. The Bertz CT molecular complexity index is 690. The first kappa shape index (κ1) is 17.2. The molecule has 0 aliphatic rings. The van der Waals surface area contributed by atoms with Gasteiger partial charge in [0.1, 0.15) is 11.4 Å². The van der Waals surface area contributed by atoms with Crippen molar-refractivity contribution in [3.63, 3.8) is 0 Å². The summed E-state index contributed by atoms with van der Waals surface area (Å²) in [5.41, 5.74) is 7.54. The van der Waals surface area contributed by atoms with E-state index in [0.717, 1.165) is 11.1 Å². The summed E-state index contributed by atoms with van der Waals surface area (Å²) in [7, 11) is 0. The zero-order valence-electron chi connectivity index (χ0n) is 13.4. The van der Waals surface area contributed by atoms with Gasteiger partial charge < -0.3 is 15.2 Å². The van der Waals surface area contributed by atoms with Gasteiger partial charge in [-0.25, -0.2) is 4.79 Å². The summed E-state index contributed by atoms with van der Waals surface area (Å²) in [6.07, 6.45) is 0. The molecule has 0 aliphatic carbocycles. The summed E-state index contributed by atoms with van der Waals surface area (Å²) in [4.78, 5) is 11.8. The molecule has 0 aromatic heterocycles. The largest absolute Gasteiger partial charge is 0.481 e. The molecule has 0 spiro atoms. The molecule has 0 bridgehead atoms. The molecule has 122 valence electrons. The first-order valence-electron chi connectivity index (χ1n) is 7.25. The van der Waals surface area contributed by atoms with Gasteiger partial charge in [-0.2, -0.15) is 0 Å². The maximum Gasteiger partial charge on any atom is 0.344 e. The average Bonchev–Trinajstić information content (AvgIpc) is 2.45. The quantitative estimate of drug-likeness (QED) is 0.669. The Balaban J connectivity index is 2.19. The molecule has 0 amide bonds. The molecule has 0 aliphatic heterocycles. The summed E-state index contributed by atoms with van der Waals surface area (Å²) < 4.78 is 10.9. The molecule has 2 aromatic carbocycles. The molecule has 2 aromatic rings. The standard InChI is InChI=1S/C18H20ClNO3/c1-18(2,3)23-17(21)11-22-16-9-6-13(19)10-15(16)12-4-7-14(20)8-5-12/h4-10H,11,20H2,1-3H3. The first-order chi connectivity index (χ1) is 10.7. The summed E-state index contributed by atoms with van der Waals surface area (Å²) in [6.45, 7) is 5.27. The van der Waals surface area contributed by atoms with E-state index in [9.17, 15) is 4.79 Å². The minimum atomic E-state index is -0.541. The molecule has 23 heavy (non-hydrogen) atoms. The van der Waals surface area contributed by atoms with Crippen molar-refractivity contribution in [2.75, 3.05) is 12.3 Å². The van der Waals surface area contributed by atoms with E-state index in [0.29, 0.717) is 16.5 Å². The van der Waals surface area contributed by atoms with Crippen LogP contribution in [0.1, 0.15) is 20.8 Å². The normalized spacial score (nSPS) is 11.1. The van der Waals surface area contributed by atoms with Crippen LogP contribution in [0.25, 0.3) is 11.1 Å². The van der Waals surface area contributed by atoms with Crippen LogP contribution in [0.5, 0.6) is 5.75 Å². The van der Waals surface area contributed by atoms with E-state index in [2.05, 4.69) is 0 Å². The average molecular weight is 334 g/mol. The zero-order chi connectivity index (χ0) is 17.0. The van der Waals surface area contributed by atoms with Gasteiger partial charge in [-0.15, -0.1) is 0 Å². The van der Waals surface area contributed by atoms with E-state index in [1.165, 1.54) is 0 Å². The summed E-state index contributed by atoms with van der Waals surface area (Å²) >= 11 is 6.08. The molecule has 4 nitrogen and oxygen atoms in total. The van der Waals surface area contributed by atoms with Crippen molar-refractivity contribution in [3.05, 3.63) is 47.5 Å². The number of hydrogen-bond acceptors (Lipinski definition) is 4. The number of esters is 1. The molecular formula is C18H20ClNO3. The van der Waals surface area contributed by atoms with E-state index in [1.807, 2.05) is 32.9 Å². The fourth-order valence-corrected chi connectivity index (χ4v) is 2.20. The Morgan fingerprint density at radius 1 is 1.13 bits per heavy atom. The maximum absolute atomic E-state index is 11.8. The summed E-state index contributed by atoms with van der Waals surface area (Å²) in [5.74, 6) is 0.140. The van der Waals surface area contributed by atoms with Gasteiger partial charge in [-0.05, 0) is 56.7 Å². The number of anilines is 1. The topological polar surface area (TPSA) is 61.5 Å². The van der Waals surface area contributed by atoms with Crippen LogP contribution >= 0.6 is 11.6 Å². The number of rotatable bonds is 4. The van der Waals surface area contributed by atoms with Crippen molar-refractivity contribution in [1.29, 1.82) is 0 Å². The van der Waals surface area contributed by atoms with Crippen LogP contribution in [0, 0.1) is 0 Å². The second-order valence-corrected chi connectivity index (χ2v) is 6.57. The van der Waals surface area contributed by atoms with E-state index >= 15 is 0 Å². The Labute approximate surface area is 141 Å². The minimum Gasteiger partial charge on any atom is -0.481 e. The van der Waals surface area contributed by atoms with Crippen LogP contribution in [-0.4, -0.2) is 18.2 Å². The number of benzene rings is 2. The lowest BCUT2D eigenvalue weighted by atomic mass is 10.0. The third kappa shape index (κ3) is 5.18. The number of carbonyl (C=O) groups excluding carboxylic acids is 1. The number of hydrogen-bond donors (Lipinski definition) is 1. The number of carbonyl (C=O) groups is 1. The van der Waals surface area contributed by atoms with E-state index in [-0.39, 0.29) is 6.61 Å². The Morgan fingerprint density at radius 3 is 2.39 bits per heavy atom. The molecule has 0 saturated heterocycles. The van der Waals surface area contributed by atoms with Gasteiger partial charge >= 0.3 is 5.97 Å². The SMILES string of the molecule is CC(C)(C)OC(=O)COc1ccc(Cl)cc1-c1ccc(N)cc1. The van der Waals surface area contributed by atoms with Crippen LogP contribution in [0.15, 0.2) is 42.5 Å². The van der Waals surface area contributed by atoms with Crippen LogP contribution in [0.4, 0.5) is 5.69 Å². The van der Waals surface area contributed by atoms with E-state index < -0.39 is 11.6 Å². The van der Waals surface area contributed by atoms with E-state index in [1.54, 1.807) is 30.3 Å². The predicted molar refractivity (Wildman–Crippen MR) is 92.6 cm³/mol. The number of nitrogens with two attached hydrogens (primary N) is 1. The summed E-state index contributed by atoms with van der Waals surface area (Å²) in [5, 5.41) is 0.585. The highest BCUT2D eigenvalue weighted by Crippen LogP contribution is 2.33. The van der Waals surface area contributed by atoms with E-state index in [4.69, 9.17) is 26.8 Å². The predicted octanol–water partition coefficient (Wildman–Crippen LogP) is 4.31. The maximum atomic E-state index is 11.8. The second-order valence-electron chi connectivity index (χ2n) is 6.14. The second kappa shape index (κ2) is 6.92. The molecule has 0 radical (unpaired) electrons. The number of ether oxygens (including phenoxy) is 2. The van der Waals surface area contributed by atoms with Crippen LogP contribution in [0.2, 0.25) is 5.02 Å². The van der Waals surface area contributed by atoms with Gasteiger partial charge in [0.25, 0.3) is 0 Å². The van der Waals surface area contributed by atoms with Crippen LogP contribution < -0.4 is 10.5 Å². The van der Waals surface area contributed by atoms with Crippen molar-refractivity contribution in [1.82, 2.24) is 0 Å². The molecular weight excluding hydrogens is 314 g/mol. The highest BCUT2D eigenvalue weighted by molar-refractivity contribution is 6.31. The van der Waals surface area contributed by atoms with Gasteiger partial charge in [-0.1, -0.05) is 23.7 Å². The lowest BCUT2D eigenvalue weighted by molar-refractivity contribution is -0.157. The highest BCUT2D eigenvalue weighted by atomic mass is 35.5. The summed E-state index contributed by atoms with van der Waals surface area (Å²) in [6, 6.07) is 12.6. The van der Waals surface area contributed by atoms with Gasteiger partial charge in [-0.3, -0.25) is 0 Å². The molecule has 0 saturated carbocycles. The number of halogens is 1. The van der Waals surface area contributed by atoms with Crippen molar-refractivity contribution >= 4 is 23.3 Å². The van der Waals surface area contributed by atoms with Crippen LogP contribution in [0.3, 0.4) is 0 Å². The lowest BCUT2D eigenvalue weighted by Gasteiger charge is -2.20. The van der Waals surface area contributed by atoms with Crippen molar-refractivity contribution in [2.45, 2.75) is 26.4 Å². The Hall–Kier alpha value is -2.20. The fraction of sp³-hybridized carbons (Fsp3) is 0.278. The zero-order valence-corrected chi connectivity index (χ0v) is 14.2. The van der Waals surface area contributed by atoms with Gasteiger partial charge in [0.05, 0.1) is 0 Å². The molecule has 0 atom stereocenters. The van der Waals surface area contributed by atoms with Gasteiger partial charge in [0.2, 0.25) is 0 Å². The third-order valence-electron chi connectivity index (χ3n) is 2.93. The van der Waals surface area contributed by atoms with Gasteiger partial charge in [0.15, 0.2) is 6.61 Å². The monoisotopic (exact) mass is 333 g/mol. The van der Waals surface area contributed by atoms with Crippen LogP contribution in [-0.2, 0) is 9.53 Å². The van der Waals surface area contributed by atoms with Crippen molar-refractivity contribution in [2.24, 2.45) is 0 Å². The lowest BCUT2D eigenvalue weighted by Crippen LogP contribution is -2.27. The molecule has 2 rings (SSSR count). The smallest absolute Gasteiger partial charge is 0.344 e. The Morgan fingerprint density at radius 2 is 1.78 bits per heavy atom. The molecule has 5 heteroatoms. The highest BCUT2D eigenvalue weighted by Gasteiger charge is 2.17. The minimum absolute atomic E-state index is 0.166. The molecule has 0 unspecified atom stereocenters. The molecule has 0 fully saturated rings. The first-order valence-corrected chi connectivity index (χ1v) is 7.62. The van der Waals surface area contributed by atoms with Crippen molar-refractivity contribution in [3.8, 4) is 16.9 Å². The molecule has 0 heterocycles.